The Balaban J connectivity index is 1.56. The Kier molecular flexibility index (Phi) is 5.57. The highest BCUT2D eigenvalue weighted by atomic mass is 32.2. The molecule has 1 saturated heterocycles. The molecule has 1 fully saturated rings. The van der Waals surface area contributed by atoms with Crippen LogP contribution in [0.2, 0.25) is 0 Å². The van der Waals surface area contributed by atoms with Crippen LogP contribution in [-0.2, 0) is 4.79 Å². The quantitative estimate of drug-likeness (QED) is 0.827. The van der Waals surface area contributed by atoms with Gasteiger partial charge in [0.1, 0.15) is 5.75 Å². The number of nitrogens with one attached hydrogen (secondary N) is 1. The maximum Gasteiger partial charge on any atom is 0.254 e. The fraction of sp³-hybridized carbons (Fsp3) is 0.364. The summed E-state index contributed by atoms with van der Waals surface area (Å²) in [5, 5.41) is 2.92. The topological polar surface area (TPSA) is 58.6 Å². The summed E-state index contributed by atoms with van der Waals surface area (Å²) in [4.78, 5) is 28.1. The molecule has 2 aromatic carbocycles. The average Bonchev–Trinajstić information content (AvgIpc) is 3.11. The Morgan fingerprint density at radius 3 is 2.86 bits per heavy atom. The zero-order chi connectivity index (χ0) is 19.5. The molecule has 1 N–H and O–H groups in total. The molecule has 1 atom stereocenters. The van der Waals surface area contributed by atoms with E-state index in [4.69, 9.17) is 4.74 Å². The maximum atomic E-state index is 13.2. The predicted molar refractivity (Wildman–Crippen MR) is 111 cm³/mol. The summed E-state index contributed by atoms with van der Waals surface area (Å²) in [6.07, 6.45) is 2.44. The molecule has 0 aromatic heterocycles. The number of thioether (sulfide) groups is 1. The third-order valence-corrected chi connectivity index (χ3v) is 6.25. The molecule has 5 nitrogen and oxygen atoms in total. The zero-order valence-corrected chi connectivity index (χ0v) is 16.8. The summed E-state index contributed by atoms with van der Waals surface area (Å²) in [6, 6.07) is 13.8. The van der Waals surface area contributed by atoms with Crippen LogP contribution >= 0.6 is 11.8 Å². The molecule has 0 unspecified atom stereocenters. The van der Waals surface area contributed by atoms with Crippen molar-refractivity contribution in [2.45, 2.75) is 37.1 Å². The van der Waals surface area contributed by atoms with Gasteiger partial charge in [-0.05, 0) is 55.7 Å². The second kappa shape index (κ2) is 8.27. The van der Waals surface area contributed by atoms with Crippen LogP contribution in [0.5, 0.6) is 5.75 Å². The number of anilines is 1. The van der Waals surface area contributed by atoms with Gasteiger partial charge in [-0.3, -0.25) is 9.59 Å². The van der Waals surface area contributed by atoms with E-state index in [-0.39, 0.29) is 17.9 Å². The maximum absolute atomic E-state index is 13.2. The van der Waals surface area contributed by atoms with Crippen LogP contribution in [0.3, 0.4) is 0 Å². The molecule has 0 spiro atoms. The van der Waals surface area contributed by atoms with Crippen LogP contribution in [0.4, 0.5) is 5.69 Å². The van der Waals surface area contributed by atoms with Crippen LogP contribution in [0.15, 0.2) is 47.4 Å². The molecule has 2 amide bonds. The van der Waals surface area contributed by atoms with Crippen molar-refractivity contribution >= 4 is 29.3 Å². The van der Waals surface area contributed by atoms with Crippen LogP contribution in [0, 0.1) is 0 Å². The minimum atomic E-state index is 0.00397. The fourth-order valence-electron chi connectivity index (χ4n) is 3.83. The summed E-state index contributed by atoms with van der Waals surface area (Å²) in [5.74, 6) is 1.63. The smallest absolute Gasteiger partial charge is 0.254 e. The van der Waals surface area contributed by atoms with E-state index in [0.29, 0.717) is 18.6 Å². The molecular formula is C22H24N2O3S. The molecule has 2 aromatic rings. The normalized spacial score (nSPS) is 19.0. The Labute approximate surface area is 169 Å². The van der Waals surface area contributed by atoms with Crippen molar-refractivity contribution in [2.24, 2.45) is 0 Å². The lowest BCUT2D eigenvalue weighted by Crippen LogP contribution is -2.30. The molecule has 4 rings (SSSR count). The summed E-state index contributed by atoms with van der Waals surface area (Å²) < 4.78 is 5.52. The van der Waals surface area contributed by atoms with E-state index in [0.717, 1.165) is 47.0 Å². The number of ether oxygens (including phenoxy) is 1. The van der Waals surface area contributed by atoms with Gasteiger partial charge in [-0.15, -0.1) is 11.8 Å². The number of fused-ring (bicyclic) bond motifs is 1. The Hall–Kier alpha value is -2.47. The largest absolute Gasteiger partial charge is 0.494 e. The Bertz CT molecular complexity index is 882. The van der Waals surface area contributed by atoms with E-state index in [1.54, 1.807) is 11.8 Å². The first-order chi connectivity index (χ1) is 13.7. The average molecular weight is 397 g/mol. The number of nitrogens with zero attached hydrogens (tertiary/aromatic N) is 1. The van der Waals surface area contributed by atoms with E-state index < -0.39 is 0 Å². The second-order valence-electron chi connectivity index (χ2n) is 7.02. The molecule has 0 saturated carbocycles. The van der Waals surface area contributed by atoms with Crippen LogP contribution < -0.4 is 10.1 Å². The van der Waals surface area contributed by atoms with E-state index in [1.165, 1.54) is 0 Å². The summed E-state index contributed by atoms with van der Waals surface area (Å²) >= 11 is 1.65. The van der Waals surface area contributed by atoms with Gasteiger partial charge in [0.05, 0.1) is 18.3 Å². The van der Waals surface area contributed by atoms with Gasteiger partial charge >= 0.3 is 0 Å². The highest BCUT2D eigenvalue weighted by Crippen LogP contribution is 2.36. The lowest BCUT2D eigenvalue weighted by Gasteiger charge is -2.25. The molecular weight excluding hydrogens is 372 g/mol. The highest BCUT2D eigenvalue weighted by Gasteiger charge is 2.31. The Morgan fingerprint density at radius 2 is 2.07 bits per heavy atom. The van der Waals surface area contributed by atoms with E-state index in [9.17, 15) is 9.59 Å². The number of carbonyl (C=O) groups excluding carboxylic acids is 2. The fourth-order valence-corrected chi connectivity index (χ4v) is 4.77. The van der Waals surface area contributed by atoms with Crippen molar-refractivity contribution in [3.8, 4) is 5.75 Å². The van der Waals surface area contributed by atoms with Gasteiger partial charge in [-0.25, -0.2) is 0 Å². The molecule has 2 aliphatic heterocycles. The lowest BCUT2D eigenvalue weighted by molar-refractivity contribution is -0.115. The second-order valence-corrected chi connectivity index (χ2v) is 8.15. The van der Waals surface area contributed by atoms with Gasteiger partial charge in [-0.1, -0.05) is 12.1 Å². The van der Waals surface area contributed by atoms with Crippen LogP contribution in [0.1, 0.15) is 48.1 Å². The van der Waals surface area contributed by atoms with Gasteiger partial charge in [0, 0.05) is 29.2 Å². The number of rotatable bonds is 4. The van der Waals surface area contributed by atoms with Gasteiger partial charge < -0.3 is 15.0 Å². The van der Waals surface area contributed by atoms with E-state index in [2.05, 4.69) is 17.4 Å². The van der Waals surface area contributed by atoms with Gasteiger partial charge in [0.15, 0.2) is 0 Å². The number of hydrogen-bond acceptors (Lipinski definition) is 4. The van der Waals surface area contributed by atoms with Crippen LogP contribution in [-0.4, -0.2) is 35.6 Å². The molecule has 2 aliphatic rings. The van der Waals surface area contributed by atoms with Crippen LogP contribution in [0.25, 0.3) is 0 Å². The van der Waals surface area contributed by atoms with E-state index >= 15 is 0 Å². The zero-order valence-electron chi connectivity index (χ0n) is 15.9. The van der Waals surface area contributed by atoms with Crippen molar-refractivity contribution in [1.82, 2.24) is 4.90 Å². The standard InChI is InChI=1S/C22H24N2O3S/c1-2-27-17-8-5-15(6-9-17)19-4-3-12-24(19)22(26)16-7-10-20-18(14-16)23-21(25)11-13-28-20/h5-10,14,19H,2-4,11-13H2,1H3,(H,23,25)/t19-/m0/s1. The number of hydrogen-bond donors (Lipinski definition) is 1. The van der Waals surface area contributed by atoms with E-state index in [1.807, 2.05) is 42.2 Å². The molecule has 2 heterocycles. The summed E-state index contributed by atoms with van der Waals surface area (Å²) in [7, 11) is 0. The van der Waals surface area contributed by atoms with Crippen molar-refractivity contribution in [2.75, 3.05) is 24.2 Å². The van der Waals surface area contributed by atoms with Gasteiger partial charge in [-0.2, -0.15) is 0 Å². The minimum Gasteiger partial charge on any atom is -0.494 e. The van der Waals surface area contributed by atoms with Crippen molar-refractivity contribution in [3.63, 3.8) is 0 Å². The molecule has 0 radical (unpaired) electrons. The first kappa shape index (κ1) is 18.9. The summed E-state index contributed by atoms with van der Waals surface area (Å²) in [5.41, 5.74) is 2.50. The molecule has 146 valence electrons. The molecule has 0 aliphatic carbocycles. The molecule has 28 heavy (non-hydrogen) atoms. The number of benzene rings is 2. The Morgan fingerprint density at radius 1 is 1.25 bits per heavy atom. The lowest BCUT2D eigenvalue weighted by atomic mass is 10.0. The highest BCUT2D eigenvalue weighted by molar-refractivity contribution is 7.99. The van der Waals surface area contributed by atoms with Crippen molar-refractivity contribution in [1.29, 1.82) is 0 Å². The van der Waals surface area contributed by atoms with Crippen molar-refractivity contribution < 1.29 is 14.3 Å². The first-order valence-corrected chi connectivity index (χ1v) is 10.7. The third kappa shape index (κ3) is 3.87. The molecule has 0 bridgehead atoms. The summed E-state index contributed by atoms with van der Waals surface area (Å²) in [6.45, 7) is 3.35. The van der Waals surface area contributed by atoms with Gasteiger partial charge in [0.25, 0.3) is 5.91 Å². The number of amides is 2. The number of carbonyl (C=O) groups is 2. The monoisotopic (exact) mass is 396 g/mol. The third-order valence-electron chi connectivity index (χ3n) is 5.18. The first-order valence-electron chi connectivity index (χ1n) is 9.76. The van der Waals surface area contributed by atoms with Gasteiger partial charge in [0.2, 0.25) is 5.91 Å². The van der Waals surface area contributed by atoms with Crippen molar-refractivity contribution in [3.05, 3.63) is 53.6 Å². The molecule has 6 heteroatoms. The minimum absolute atomic E-state index is 0.00397. The SMILES string of the molecule is CCOc1ccc([C@@H]2CCCN2C(=O)c2ccc3c(c2)NC(=O)CCS3)cc1. The number of likely N-dealkylation sites (tertiary alicyclic amines) is 1. The predicted octanol–water partition coefficient (Wildman–Crippen LogP) is 4.50.